The molecule has 7 heteroatoms. The van der Waals surface area contributed by atoms with Crippen LogP contribution in [0.5, 0.6) is 5.75 Å². The molecule has 0 heterocycles. The van der Waals surface area contributed by atoms with Gasteiger partial charge in [-0.3, -0.25) is 4.79 Å². The van der Waals surface area contributed by atoms with E-state index in [4.69, 9.17) is 0 Å². The Hall–Kier alpha value is -2.38. The first-order chi connectivity index (χ1) is 11.3. The lowest BCUT2D eigenvalue weighted by Gasteiger charge is -2.20. The Morgan fingerprint density at radius 3 is 2.33 bits per heavy atom. The molecule has 0 spiro atoms. The molecule has 24 heavy (non-hydrogen) atoms. The third-order valence-electron chi connectivity index (χ3n) is 3.57. The molecule has 2 rings (SSSR count). The fourth-order valence-electron chi connectivity index (χ4n) is 2.20. The number of carbonyl (C=O) groups is 1. The zero-order valence-corrected chi connectivity index (χ0v) is 14.4. The van der Waals surface area contributed by atoms with Crippen LogP contribution in [0.2, 0.25) is 0 Å². The van der Waals surface area contributed by atoms with Crippen molar-refractivity contribution in [2.24, 2.45) is 0 Å². The van der Waals surface area contributed by atoms with Gasteiger partial charge in [0.05, 0.1) is 11.4 Å². The summed E-state index contributed by atoms with van der Waals surface area (Å²) in [4.78, 5) is 12.2. The first-order valence-electron chi connectivity index (χ1n) is 7.49. The molecule has 2 N–H and O–H groups in total. The van der Waals surface area contributed by atoms with Crippen LogP contribution in [0, 0.1) is 6.92 Å². The molecule has 0 bridgehead atoms. The molecule has 2 aromatic rings. The number of phenols is 1. The number of nitrogens with one attached hydrogen (secondary N) is 1. The molecule has 0 aliphatic carbocycles. The maximum Gasteiger partial charge on any atom is 0.243 e. The van der Waals surface area contributed by atoms with E-state index in [1.807, 2.05) is 19.1 Å². The molecule has 1 amide bonds. The largest absolute Gasteiger partial charge is 0.508 e. The molecule has 0 saturated carbocycles. The summed E-state index contributed by atoms with van der Waals surface area (Å²) in [6.07, 6.45) is 0. The summed E-state index contributed by atoms with van der Waals surface area (Å²) in [6.45, 7) is 3.40. The number of anilines is 1. The average Bonchev–Trinajstić information content (AvgIpc) is 2.55. The van der Waals surface area contributed by atoms with Crippen molar-refractivity contribution in [1.29, 1.82) is 0 Å². The predicted octanol–water partition coefficient (Wildman–Crippen LogP) is 2.35. The number of hydrogen-bond donors (Lipinski definition) is 2. The quantitative estimate of drug-likeness (QED) is 0.839. The first kappa shape index (κ1) is 18.0. The molecule has 6 nitrogen and oxygen atoms in total. The number of likely N-dealkylation sites (N-methyl/N-ethyl adjacent to an activating group) is 1. The van der Waals surface area contributed by atoms with Crippen LogP contribution >= 0.6 is 0 Å². The number of carbonyl (C=O) groups excluding carboxylic acids is 1. The van der Waals surface area contributed by atoms with E-state index < -0.39 is 15.9 Å². The smallest absolute Gasteiger partial charge is 0.243 e. The minimum Gasteiger partial charge on any atom is -0.508 e. The van der Waals surface area contributed by atoms with Gasteiger partial charge in [0, 0.05) is 12.2 Å². The number of sulfonamides is 1. The molecule has 0 unspecified atom stereocenters. The lowest BCUT2D eigenvalue weighted by molar-refractivity contribution is -0.116. The van der Waals surface area contributed by atoms with Crippen molar-refractivity contribution < 1.29 is 18.3 Å². The van der Waals surface area contributed by atoms with E-state index in [0.29, 0.717) is 5.69 Å². The standard InChI is InChI=1S/C17H20N2O4S/c1-3-19(24(22,23)15-10-8-14(20)9-11-15)12-17(21)18-16-7-5-4-6-13(16)2/h4-11,20H,3,12H2,1-2H3,(H,18,21). The van der Waals surface area contributed by atoms with E-state index in [-0.39, 0.29) is 23.7 Å². The lowest BCUT2D eigenvalue weighted by Crippen LogP contribution is -2.37. The van der Waals surface area contributed by atoms with E-state index in [9.17, 15) is 18.3 Å². The number of aromatic hydroxyl groups is 1. The number of para-hydroxylation sites is 1. The van der Waals surface area contributed by atoms with E-state index in [2.05, 4.69) is 5.32 Å². The topological polar surface area (TPSA) is 86.7 Å². The van der Waals surface area contributed by atoms with Crippen molar-refractivity contribution >= 4 is 21.6 Å². The Balaban J connectivity index is 2.15. The van der Waals surface area contributed by atoms with E-state index >= 15 is 0 Å². The lowest BCUT2D eigenvalue weighted by atomic mass is 10.2. The predicted molar refractivity (Wildman–Crippen MR) is 92.3 cm³/mol. The maximum absolute atomic E-state index is 12.6. The van der Waals surface area contributed by atoms with Gasteiger partial charge in [-0.1, -0.05) is 25.1 Å². The number of phenolic OH excluding ortho intramolecular Hbond substituents is 1. The van der Waals surface area contributed by atoms with Gasteiger partial charge in [-0.05, 0) is 42.8 Å². The first-order valence-corrected chi connectivity index (χ1v) is 8.93. The molecule has 2 aromatic carbocycles. The van der Waals surface area contributed by atoms with Crippen molar-refractivity contribution in [2.45, 2.75) is 18.7 Å². The van der Waals surface area contributed by atoms with Crippen molar-refractivity contribution in [1.82, 2.24) is 4.31 Å². The summed E-state index contributed by atoms with van der Waals surface area (Å²) in [5.74, 6) is -0.428. The van der Waals surface area contributed by atoms with Gasteiger partial charge in [-0.25, -0.2) is 8.42 Å². The van der Waals surface area contributed by atoms with Crippen LogP contribution in [0.3, 0.4) is 0 Å². The number of nitrogens with zero attached hydrogens (tertiary/aromatic N) is 1. The van der Waals surface area contributed by atoms with Crippen LogP contribution in [0.15, 0.2) is 53.4 Å². The Bertz CT molecular complexity index is 817. The normalized spacial score (nSPS) is 11.5. The Morgan fingerprint density at radius 1 is 1.12 bits per heavy atom. The second-order valence-corrected chi connectivity index (χ2v) is 7.23. The van der Waals surface area contributed by atoms with Crippen LogP contribution < -0.4 is 5.32 Å². The number of amides is 1. The highest BCUT2D eigenvalue weighted by atomic mass is 32.2. The summed E-state index contributed by atoms with van der Waals surface area (Å²) in [5, 5.41) is 12.0. The van der Waals surface area contributed by atoms with Crippen LogP contribution in [0.25, 0.3) is 0 Å². The molecular formula is C17H20N2O4S. The average molecular weight is 348 g/mol. The van der Waals surface area contributed by atoms with Crippen LogP contribution in [-0.4, -0.2) is 36.8 Å². The van der Waals surface area contributed by atoms with Crippen LogP contribution in [0.4, 0.5) is 5.69 Å². The summed E-state index contributed by atoms with van der Waals surface area (Å²) >= 11 is 0. The van der Waals surface area contributed by atoms with Gasteiger partial charge in [-0.2, -0.15) is 4.31 Å². The summed E-state index contributed by atoms with van der Waals surface area (Å²) < 4.78 is 26.3. The highest BCUT2D eigenvalue weighted by Gasteiger charge is 2.25. The van der Waals surface area contributed by atoms with Crippen molar-refractivity contribution in [3.05, 3.63) is 54.1 Å². The highest BCUT2D eigenvalue weighted by molar-refractivity contribution is 7.89. The van der Waals surface area contributed by atoms with Gasteiger partial charge in [0.2, 0.25) is 15.9 Å². The van der Waals surface area contributed by atoms with E-state index in [1.165, 1.54) is 24.3 Å². The van der Waals surface area contributed by atoms with Gasteiger partial charge in [-0.15, -0.1) is 0 Å². The molecule has 0 saturated heterocycles. The molecule has 0 aliphatic heterocycles. The molecule has 0 aliphatic rings. The van der Waals surface area contributed by atoms with Crippen molar-refractivity contribution in [3.8, 4) is 5.75 Å². The van der Waals surface area contributed by atoms with Crippen LogP contribution in [0.1, 0.15) is 12.5 Å². The SMILES string of the molecule is CCN(CC(=O)Nc1ccccc1C)S(=O)(=O)c1ccc(O)cc1. The third kappa shape index (κ3) is 4.12. The van der Waals surface area contributed by atoms with Gasteiger partial charge in [0.15, 0.2) is 0 Å². The zero-order valence-electron chi connectivity index (χ0n) is 13.6. The highest BCUT2D eigenvalue weighted by Crippen LogP contribution is 2.19. The second-order valence-electron chi connectivity index (χ2n) is 5.29. The number of hydrogen-bond acceptors (Lipinski definition) is 4. The number of benzene rings is 2. The summed E-state index contributed by atoms with van der Waals surface area (Å²) in [5.41, 5.74) is 1.55. The molecule has 0 radical (unpaired) electrons. The molecule has 0 aromatic heterocycles. The maximum atomic E-state index is 12.6. The molecule has 0 atom stereocenters. The molecule has 0 fully saturated rings. The monoisotopic (exact) mass is 348 g/mol. The molecular weight excluding hydrogens is 328 g/mol. The minimum absolute atomic E-state index is 0.0192. The minimum atomic E-state index is -3.80. The van der Waals surface area contributed by atoms with Gasteiger partial charge < -0.3 is 10.4 Å². The van der Waals surface area contributed by atoms with Crippen molar-refractivity contribution in [3.63, 3.8) is 0 Å². The number of aryl methyl sites for hydroxylation is 1. The van der Waals surface area contributed by atoms with E-state index in [1.54, 1.807) is 19.1 Å². The van der Waals surface area contributed by atoms with Gasteiger partial charge >= 0.3 is 0 Å². The molecule has 128 valence electrons. The Labute approximate surface area is 141 Å². The fourth-order valence-corrected chi connectivity index (χ4v) is 3.60. The van der Waals surface area contributed by atoms with E-state index in [0.717, 1.165) is 9.87 Å². The summed E-state index contributed by atoms with van der Waals surface area (Å²) in [6, 6.07) is 12.5. The third-order valence-corrected chi connectivity index (χ3v) is 5.50. The van der Waals surface area contributed by atoms with Crippen molar-refractivity contribution in [2.75, 3.05) is 18.4 Å². The Morgan fingerprint density at radius 2 is 1.75 bits per heavy atom. The zero-order chi connectivity index (χ0) is 17.7. The summed E-state index contributed by atoms with van der Waals surface area (Å²) in [7, 11) is -3.80. The fraction of sp³-hybridized carbons (Fsp3) is 0.235. The van der Waals surface area contributed by atoms with Crippen LogP contribution in [-0.2, 0) is 14.8 Å². The Kier molecular flexibility index (Phi) is 5.58. The number of rotatable bonds is 6. The van der Waals surface area contributed by atoms with Gasteiger partial charge in [0.1, 0.15) is 5.75 Å². The van der Waals surface area contributed by atoms with Gasteiger partial charge in [0.25, 0.3) is 0 Å². The second kappa shape index (κ2) is 7.46.